The van der Waals surface area contributed by atoms with E-state index in [0.717, 1.165) is 61.4 Å². The van der Waals surface area contributed by atoms with Crippen LogP contribution in [0.1, 0.15) is 58.3 Å². The molecule has 0 unspecified atom stereocenters. The van der Waals surface area contributed by atoms with Crippen LogP contribution in [0, 0.1) is 0 Å². The lowest BCUT2D eigenvalue weighted by atomic mass is 9.88. The molecule has 18 heteroatoms. The number of benzene rings is 4. The van der Waals surface area contributed by atoms with Crippen molar-refractivity contribution >= 4 is 23.9 Å². The fraction of sp³-hybridized carbons (Fsp3) is 0.440. The zero-order chi connectivity index (χ0) is 49.9. The second-order valence-corrected chi connectivity index (χ2v) is 15.5. The number of rotatable bonds is 18. The van der Waals surface area contributed by atoms with Crippen molar-refractivity contribution in [2.75, 3.05) is 97.3 Å². The molecule has 0 amide bonds. The third-order valence-corrected chi connectivity index (χ3v) is 11.8. The van der Waals surface area contributed by atoms with Crippen LogP contribution in [0.3, 0.4) is 0 Å². The number of aliphatic carboxylic acids is 2. The van der Waals surface area contributed by atoms with Crippen LogP contribution in [-0.4, -0.2) is 141 Å². The van der Waals surface area contributed by atoms with Crippen LogP contribution in [0.2, 0.25) is 0 Å². The molecule has 2 N–H and O–H groups in total. The summed E-state index contributed by atoms with van der Waals surface area (Å²) in [4.78, 5) is 46.4. The van der Waals surface area contributed by atoms with Crippen LogP contribution in [0.4, 0.5) is 0 Å². The van der Waals surface area contributed by atoms with Crippen molar-refractivity contribution in [3.8, 4) is 46.0 Å². The van der Waals surface area contributed by atoms with Crippen LogP contribution in [0.25, 0.3) is 0 Å². The Morgan fingerprint density at radius 2 is 0.765 bits per heavy atom. The molecule has 2 aliphatic heterocycles. The van der Waals surface area contributed by atoms with E-state index in [2.05, 4.69) is 46.2 Å². The molecule has 0 fully saturated rings. The van der Waals surface area contributed by atoms with Gasteiger partial charge in [-0.15, -0.1) is 0 Å². The Morgan fingerprint density at radius 3 is 1.06 bits per heavy atom. The highest BCUT2D eigenvalue weighted by Crippen LogP contribution is 2.42. The Kier molecular flexibility index (Phi) is 20.9. The molecule has 18 nitrogen and oxygen atoms in total. The van der Waals surface area contributed by atoms with Crippen LogP contribution in [0.5, 0.6) is 46.0 Å². The molecular weight excluding hydrogens is 885 g/mol. The monoisotopic (exact) mass is 948 g/mol. The fourth-order valence-corrected chi connectivity index (χ4v) is 8.31. The second kappa shape index (κ2) is 26.4. The SMILES string of the molecule is COC(=O)CCN1CCc2cc(OC)c(OC)cc2[C@H]1Cc1ccc(OC)c(OC)c1.COC(=O)CCN1CCc2cc(OC)c(OC)cc2[C@H]1Cc1ccc(OC)c(OC)c1.O=C(O)C(=O)O. The van der Waals surface area contributed by atoms with E-state index in [0.29, 0.717) is 60.4 Å². The molecule has 0 aromatic heterocycles. The lowest BCUT2D eigenvalue weighted by Crippen LogP contribution is -2.38. The normalized spacial score (nSPS) is 15.0. The van der Waals surface area contributed by atoms with Gasteiger partial charge in [0.25, 0.3) is 0 Å². The lowest BCUT2D eigenvalue weighted by Gasteiger charge is -2.38. The molecule has 0 saturated heterocycles. The van der Waals surface area contributed by atoms with Gasteiger partial charge in [-0.2, -0.15) is 0 Å². The van der Waals surface area contributed by atoms with Crippen molar-refractivity contribution < 1.29 is 76.8 Å². The summed E-state index contributed by atoms with van der Waals surface area (Å²) in [5.74, 6) is 1.60. The third-order valence-electron chi connectivity index (χ3n) is 11.8. The highest BCUT2D eigenvalue weighted by molar-refractivity contribution is 6.27. The standard InChI is InChI=1S/2C24H31NO6.C2H2O4/c2*1-27-20-7-6-16(13-21(20)28-2)12-19-18-15-23(30-4)22(29-3)14-17(18)8-10-25(19)11-9-24(26)31-5;3-1(4)2(5)6/h2*6-7,13-15,19H,8-12H2,1-5H3;(H,3,4)(H,5,6)/t2*19-;/m11./s1. The van der Waals surface area contributed by atoms with Gasteiger partial charge in [-0.1, -0.05) is 12.1 Å². The number of carbonyl (C=O) groups is 4. The molecule has 4 aromatic carbocycles. The minimum absolute atomic E-state index is 0.0753. The number of ether oxygens (including phenoxy) is 10. The number of esters is 2. The van der Waals surface area contributed by atoms with Gasteiger partial charge in [-0.3, -0.25) is 19.4 Å². The van der Waals surface area contributed by atoms with E-state index in [1.54, 1.807) is 56.9 Å². The Labute approximate surface area is 397 Å². The first kappa shape index (κ1) is 53.7. The number of carboxylic acid groups (broad SMARTS) is 2. The minimum Gasteiger partial charge on any atom is -0.493 e. The van der Waals surface area contributed by atoms with Gasteiger partial charge in [-0.05, 0) is 108 Å². The molecule has 4 aromatic rings. The minimum atomic E-state index is -1.82. The second-order valence-electron chi connectivity index (χ2n) is 15.5. The van der Waals surface area contributed by atoms with E-state index in [-0.39, 0.29) is 24.0 Å². The van der Waals surface area contributed by atoms with Gasteiger partial charge < -0.3 is 57.6 Å². The van der Waals surface area contributed by atoms with Crippen molar-refractivity contribution in [3.63, 3.8) is 0 Å². The third kappa shape index (κ3) is 14.1. The smallest absolute Gasteiger partial charge is 0.414 e. The van der Waals surface area contributed by atoms with Crippen LogP contribution in [-0.2, 0) is 54.3 Å². The molecule has 0 radical (unpaired) electrons. The van der Waals surface area contributed by atoms with Crippen molar-refractivity contribution in [3.05, 3.63) is 94.0 Å². The number of carbonyl (C=O) groups excluding carboxylic acids is 2. The number of carboxylic acids is 2. The molecule has 2 heterocycles. The van der Waals surface area contributed by atoms with Crippen molar-refractivity contribution in [1.82, 2.24) is 9.80 Å². The first-order valence-corrected chi connectivity index (χ1v) is 21.7. The number of fused-ring (bicyclic) bond motifs is 2. The average molecular weight is 949 g/mol. The van der Waals surface area contributed by atoms with Crippen molar-refractivity contribution in [1.29, 1.82) is 0 Å². The maximum absolute atomic E-state index is 11.8. The van der Waals surface area contributed by atoms with Gasteiger partial charge in [0.05, 0.1) is 83.9 Å². The summed E-state index contributed by atoms with van der Waals surface area (Å²) in [7, 11) is 16.0. The zero-order valence-electron chi connectivity index (χ0n) is 40.5. The quantitative estimate of drug-likeness (QED) is 0.0865. The van der Waals surface area contributed by atoms with E-state index in [1.165, 1.54) is 36.5 Å². The topological polar surface area (TPSA) is 208 Å². The average Bonchev–Trinajstić information content (AvgIpc) is 3.36. The largest absolute Gasteiger partial charge is 0.493 e. The first-order valence-electron chi connectivity index (χ1n) is 21.7. The van der Waals surface area contributed by atoms with Gasteiger partial charge in [0.2, 0.25) is 0 Å². The lowest BCUT2D eigenvalue weighted by molar-refractivity contribution is -0.159. The molecular formula is C50H64N2O16. The van der Waals surface area contributed by atoms with E-state index in [9.17, 15) is 9.59 Å². The highest BCUT2D eigenvalue weighted by Gasteiger charge is 2.32. The predicted octanol–water partition coefficient (Wildman–Crippen LogP) is 6.01. The summed E-state index contributed by atoms with van der Waals surface area (Å²) in [6.07, 6.45) is 3.95. The van der Waals surface area contributed by atoms with Crippen LogP contribution >= 0.6 is 0 Å². The molecule has 0 saturated carbocycles. The summed E-state index contributed by atoms with van der Waals surface area (Å²) in [6.45, 7) is 2.94. The Morgan fingerprint density at radius 1 is 0.456 bits per heavy atom. The van der Waals surface area contributed by atoms with Crippen LogP contribution in [0.15, 0.2) is 60.7 Å². The first-order chi connectivity index (χ1) is 32.7. The van der Waals surface area contributed by atoms with E-state index < -0.39 is 11.9 Å². The Hall–Kier alpha value is -6.92. The van der Waals surface area contributed by atoms with Gasteiger partial charge >= 0.3 is 23.9 Å². The van der Waals surface area contributed by atoms with Crippen molar-refractivity contribution in [2.24, 2.45) is 0 Å². The van der Waals surface area contributed by atoms with E-state index in [1.807, 2.05) is 24.3 Å². The number of methoxy groups -OCH3 is 10. The summed E-state index contributed by atoms with van der Waals surface area (Å²) in [5.41, 5.74) is 7.07. The van der Waals surface area contributed by atoms with Crippen molar-refractivity contribution in [2.45, 2.75) is 50.6 Å². The van der Waals surface area contributed by atoms with Crippen LogP contribution < -0.4 is 37.9 Å². The highest BCUT2D eigenvalue weighted by atomic mass is 16.5. The summed E-state index contributed by atoms with van der Waals surface area (Å²) in [5, 5.41) is 14.8. The molecule has 2 aliphatic rings. The summed E-state index contributed by atoms with van der Waals surface area (Å²) < 4.78 is 53.6. The fourth-order valence-electron chi connectivity index (χ4n) is 8.31. The number of nitrogens with zero attached hydrogens (tertiary/aromatic N) is 2. The zero-order valence-corrected chi connectivity index (χ0v) is 40.5. The van der Waals surface area contributed by atoms with Gasteiger partial charge in [0, 0.05) is 38.3 Å². The van der Waals surface area contributed by atoms with Gasteiger partial charge in [0.15, 0.2) is 46.0 Å². The Balaban J connectivity index is 0.000000265. The van der Waals surface area contributed by atoms with E-state index >= 15 is 0 Å². The van der Waals surface area contributed by atoms with Gasteiger partial charge in [-0.25, -0.2) is 9.59 Å². The maximum Gasteiger partial charge on any atom is 0.414 e. The molecule has 2 atom stereocenters. The molecule has 0 spiro atoms. The predicted molar refractivity (Wildman–Crippen MR) is 250 cm³/mol. The number of hydrogen-bond donors (Lipinski definition) is 2. The molecule has 0 aliphatic carbocycles. The molecule has 370 valence electrons. The summed E-state index contributed by atoms with van der Waals surface area (Å²) >= 11 is 0. The van der Waals surface area contributed by atoms with Gasteiger partial charge in [0.1, 0.15) is 0 Å². The molecule has 0 bridgehead atoms. The van der Waals surface area contributed by atoms with E-state index in [4.69, 9.17) is 67.2 Å². The number of hydrogen-bond acceptors (Lipinski definition) is 16. The maximum atomic E-state index is 11.8. The summed E-state index contributed by atoms with van der Waals surface area (Å²) in [6, 6.07) is 20.4. The molecule has 68 heavy (non-hydrogen) atoms. The molecule has 6 rings (SSSR count). The Bertz CT molecular complexity index is 2170.